The first kappa shape index (κ1) is 61.4. The Morgan fingerprint density at radius 3 is 1.02 bits per heavy atom. The maximum absolute atomic E-state index is 12.5. The van der Waals surface area contributed by atoms with Crippen LogP contribution in [0.15, 0.2) is 48.6 Å². The summed E-state index contributed by atoms with van der Waals surface area (Å²) in [4.78, 5) is 12.5. The topological polar surface area (TPSA) is 69.6 Å². The van der Waals surface area contributed by atoms with Crippen molar-refractivity contribution >= 4 is 5.91 Å². The molecule has 0 fully saturated rings. The number of unbranched alkanes of at least 4 members (excludes halogenated alkanes) is 39. The van der Waals surface area contributed by atoms with E-state index < -0.39 is 12.1 Å². The summed E-state index contributed by atoms with van der Waals surface area (Å²) in [7, 11) is 0. The predicted octanol–water partition coefficient (Wildman–Crippen LogP) is 18.6. The SMILES string of the molecule is CCCCCCC/C=C\C/C=C\CCCCCCCCCCCCCC(=O)NC(CO)C(O)/C=C/CC/C=C/CCCCCCCCCCCCCCCCCCCCCCCC. The van der Waals surface area contributed by atoms with Gasteiger partial charge in [0, 0.05) is 6.42 Å². The number of nitrogens with one attached hydrogen (secondary N) is 1. The molecule has 0 aliphatic heterocycles. The molecule has 0 saturated heterocycles. The number of rotatable bonds is 52. The molecule has 0 aromatic carbocycles. The lowest BCUT2D eigenvalue weighted by Crippen LogP contribution is -2.45. The molecule has 2 unspecified atom stereocenters. The second kappa shape index (κ2) is 54.7. The fraction of sp³-hybridized carbons (Fsp3) is 0.847. The van der Waals surface area contributed by atoms with Gasteiger partial charge in [-0.2, -0.15) is 0 Å². The van der Waals surface area contributed by atoms with Gasteiger partial charge in [0.1, 0.15) is 0 Å². The van der Waals surface area contributed by atoms with Crippen LogP contribution < -0.4 is 5.32 Å². The molecule has 0 bridgehead atoms. The minimum absolute atomic E-state index is 0.0735. The highest BCUT2D eigenvalue weighted by Gasteiger charge is 2.18. The normalized spacial score (nSPS) is 13.1. The van der Waals surface area contributed by atoms with Crippen LogP contribution in [0.5, 0.6) is 0 Å². The molecule has 1 amide bonds. The second-order valence-corrected chi connectivity index (χ2v) is 19.3. The van der Waals surface area contributed by atoms with Gasteiger partial charge in [-0.25, -0.2) is 0 Å². The Hall–Kier alpha value is -1.65. The summed E-state index contributed by atoms with van der Waals surface area (Å²) in [6.07, 6.45) is 75.6. The Morgan fingerprint density at radius 1 is 0.381 bits per heavy atom. The minimum atomic E-state index is -0.865. The smallest absolute Gasteiger partial charge is 0.220 e. The van der Waals surface area contributed by atoms with E-state index in [0.29, 0.717) is 6.42 Å². The maximum Gasteiger partial charge on any atom is 0.220 e. The monoisotopic (exact) mass is 882 g/mol. The van der Waals surface area contributed by atoms with E-state index in [0.717, 1.165) is 38.5 Å². The summed E-state index contributed by atoms with van der Waals surface area (Å²) < 4.78 is 0. The first-order chi connectivity index (χ1) is 31.2. The Morgan fingerprint density at radius 2 is 0.667 bits per heavy atom. The zero-order valence-electron chi connectivity index (χ0n) is 42.6. The summed E-state index contributed by atoms with van der Waals surface area (Å²) in [5, 5.41) is 23.2. The van der Waals surface area contributed by atoms with Gasteiger partial charge in [0.2, 0.25) is 5.91 Å². The molecule has 0 saturated carbocycles. The molecule has 3 N–H and O–H groups in total. The molecule has 0 aliphatic carbocycles. The number of allylic oxidation sites excluding steroid dienone is 7. The lowest BCUT2D eigenvalue weighted by atomic mass is 10.0. The van der Waals surface area contributed by atoms with Crippen molar-refractivity contribution in [3.05, 3.63) is 48.6 Å². The number of carbonyl (C=O) groups excluding carboxylic acids is 1. The van der Waals surface area contributed by atoms with E-state index in [4.69, 9.17) is 0 Å². The van der Waals surface area contributed by atoms with Crippen LogP contribution >= 0.6 is 0 Å². The van der Waals surface area contributed by atoms with Crippen LogP contribution in [0, 0.1) is 0 Å². The van der Waals surface area contributed by atoms with E-state index in [1.54, 1.807) is 6.08 Å². The quantitative estimate of drug-likeness (QED) is 0.0421. The van der Waals surface area contributed by atoms with Gasteiger partial charge < -0.3 is 15.5 Å². The molecule has 370 valence electrons. The fourth-order valence-electron chi connectivity index (χ4n) is 8.70. The summed E-state index contributed by atoms with van der Waals surface area (Å²) in [5.41, 5.74) is 0. The van der Waals surface area contributed by atoms with Crippen molar-refractivity contribution in [3.63, 3.8) is 0 Å². The molecule has 0 aromatic rings. The maximum atomic E-state index is 12.5. The molecule has 0 aromatic heterocycles. The van der Waals surface area contributed by atoms with Gasteiger partial charge in [0.05, 0.1) is 18.8 Å². The number of amides is 1. The predicted molar refractivity (Wildman–Crippen MR) is 281 cm³/mol. The Balaban J connectivity index is 3.53. The van der Waals surface area contributed by atoms with Crippen molar-refractivity contribution in [1.82, 2.24) is 5.32 Å². The van der Waals surface area contributed by atoms with E-state index in [1.807, 2.05) is 6.08 Å². The highest BCUT2D eigenvalue weighted by Crippen LogP contribution is 2.17. The summed E-state index contributed by atoms with van der Waals surface area (Å²) >= 11 is 0. The zero-order chi connectivity index (χ0) is 45.6. The third-order valence-corrected chi connectivity index (χ3v) is 13.0. The van der Waals surface area contributed by atoms with Crippen LogP contribution in [0.25, 0.3) is 0 Å². The van der Waals surface area contributed by atoms with Gasteiger partial charge >= 0.3 is 0 Å². The molecule has 2 atom stereocenters. The van der Waals surface area contributed by atoms with Crippen molar-refractivity contribution in [2.75, 3.05) is 6.61 Å². The Labute approximate surface area is 394 Å². The van der Waals surface area contributed by atoms with Crippen LogP contribution in [0.2, 0.25) is 0 Å². The van der Waals surface area contributed by atoms with Crippen molar-refractivity contribution in [2.45, 2.75) is 315 Å². The highest BCUT2D eigenvalue weighted by molar-refractivity contribution is 5.76. The van der Waals surface area contributed by atoms with Crippen LogP contribution in [0.3, 0.4) is 0 Å². The number of carbonyl (C=O) groups is 1. The van der Waals surface area contributed by atoms with Crippen LogP contribution in [0.4, 0.5) is 0 Å². The van der Waals surface area contributed by atoms with Crippen molar-refractivity contribution in [3.8, 4) is 0 Å². The highest BCUT2D eigenvalue weighted by atomic mass is 16.3. The molecule has 0 rings (SSSR count). The van der Waals surface area contributed by atoms with Crippen LogP contribution in [-0.2, 0) is 4.79 Å². The molecule has 4 heteroatoms. The summed E-state index contributed by atoms with van der Waals surface area (Å²) in [6.45, 7) is 4.31. The van der Waals surface area contributed by atoms with E-state index >= 15 is 0 Å². The summed E-state index contributed by atoms with van der Waals surface area (Å²) in [5.74, 6) is -0.0735. The van der Waals surface area contributed by atoms with E-state index in [-0.39, 0.29) is 12.5 Å². The number of aliphatic hydroxyl groups excluding tert-OH is 2. The Bertz CT molecular complexity index is 1000. The zero-order valence-corrected chi connectivity index (χ0v) is 42.6. The number of hydrogen-bond donors (Lipinski definition) is 3. The van der Waals surface area contributed by atoms with E-state index in [1.165, 1.54) is 244 Å². The van der Waals surface area contributed by atoms with Crippen molar-refractivity contribution in [1.29, 1.82) is 0 Å². The van der Waals surface area contributed by atoms with Crippen LogP contribution in [0.1, 0.15) is 303 Å². The van der Waals surface area contributed by atoms with Gasteiger partial charge in [0.25, 0.3) is 0 Å². The van der Waals surface area contributed by atoms with Gasteiger partial charge in [0.15, 0.2) is 0 Å². The number of hydrogen-bond acceptors (Lipinski definition) is 3. The third-order valence-electron chi connectivity index (χ3n) is 13.0. The standard InChI is InChI=1S/C59H111NO3/c1-3-5-7-9-11-13-15-17-19-21-23-25-27-28-29-30-31-33-34-36-38-40-42-44-46-48-50-52-54-58(62)57(56-61)60-59(63)55-53-51-49-47-45-43-41-39-37-35-32-26-24-22-20-18-16-14-12-10-8-6-4-2/h16,18,22,24,44,46,52,54,57-58,61-62H,3-15,17,19-21,23,25-43,45,47-51,53,55-56H2,1-2H3,(H,60,63)/b18-16-,24-22-,46-44+,54-52+. The average molecular weight is 883 g/mol. The lowest BCUT2D eigenvalue weighted by Gasteiger charge is -2.19. The molecule has 0 radical (unpaired) electrons. The lowest BCUT2D eigenvalue weighted by molar-refractivity contribution is -0.123. The number of aliphatic hydroxyl groups is 2. The minimum Gasteiger partial charge on any atom is -0.394 e. The van der Waals surface area contributed by atoms with Gasteiger partial charge in [-0.05, 0) is 64.2 Å². The van der Waals surface area contributed by atoms with E-state index in [9.17, 15) is 15.0 Å². The first-order valence-electron chi connectivity index (χ1n) is 28.4. The second-order valence-electron chi connectivity index (χ2n) is 19.3. The van der Waals surface area contributed by atoms with Crippen LogP contribution in [-0.4, -0.2) is 34.9 Å². The summed E-state index contributed by atoms with van der Waals surface area (Å²) in [6, 6.07) is -0.642. The molecule has 63 heavy (non-hydrogen) atoms. The fourth-order valence-corrected chi connectivity index (χ4v) is 8.70. The Kier molecular flexibility index (Phi) is 53.3. The average Bonchev–Trinajstić information content (AvgIpc) is 3.29. The molecule has 0 aliphatic rings. The molecule has 0 spiro atoms. The molecule has 0 heterocycles. The van der Waals surface area contributed by atoms with Crippen molar-refractivity contribution in [2.24, 2.45) is 0 Å². The van der Waals surface area contributed by atoms with Gasteiger partial charge in [-0.1, -0.05) is 281 Å². The van der Waals surface area contributed by atoms with Gasteiger partial charge in [-0.15, -0.1) is 0 Å². The third kappa shape index (κ3) is 51.2. The van der Waals surface area contributed by atoms with Gasteiger partial charge in [-0.3, -0.25) is 4.79 Å². The van der Waals surface area contributed by atoms with E-state index in [2.05, 4.69) is 55.6 Å². The first-order valence-corrected chi connectivity index (χ1v) is 28.4. The van der Waals surface area contributed by atoms with Crippen molar-refractivity contribution < 1.29 is 15.0 Å². The molecule has 4 nitrogen and oxygen atoms in total. The largest absolute Gasteiger partial charge is 0.394 e. The molecular weight excluding hydrogens is 771 g/mol. The molecular formula is C59H111NO3.